The molecule has 2 aromatic heterocycles. The largest absolute Gasteiger partial charge is 0.438 e. The van der Waals surface area contributed by atoms with Crippen LogP contribution in [0.25, 0.3) is 33.1 Å². The predicted octanol–water partition coefficient (Wildman–Crippen LogP) is 3.81. The molecule has 0 aliphatic heterocycles. The summed E-state index contributed by atoms with van der Waals surface area (Å²) in [7, 11) is 0. The Bertz CT molecular complexity index is 1630. The second-order valence-electron chi connectivity index (χ2n) is 9.87. The number of nitrogens with zero attached hydrogens (tertiary/aromatic N) is 2. The second-order valence-corrected chi connectivity index (χ2v) is 9.87. The zero-order chi connectivity index (χ0) is 25.4. The maximum absolute atomic E-state index is 14.8. The minimum atomic E-state index is -0.859. The molecule has 5 N–H and O–H groups in total. The zero-order valence-electron chi connectivity index (χ0n) is 19.7. The van der Waals surface area contributed by atoms with Crippen LogP contribution in [0.4, 0.5) is 14.5 Å². The van der Waals surface area contributed by atoms with Crippen molar-refractivity contribution in [3.8, 4) is 11.1 Å². The lowest BCUT2D eigenvalue weighted by Crippen LogP contribution is -2.58. The summed E-state index contributed by atoms with van der Waals surface area (Å²) in [5.74, 6) is -1.44. The van der Waals surface area contributed by atoms with Crippen molar-refractivity contribution in [1.82, 2.24) is 14.9 Å². The number of amides is 1. The van der Waals surface area contributed by atoms with Crippen LogP contribution in [0, 0.1) is 18.6 Å². The Morgan fingerprint density at radius 3 is 2.64 bits per heavy atom. The van der Waals surface area contributed by atoms with Crippen molar-refractivity contribution in [2.75, 3.05) is 5.73 Å². The SMILES string of the molecule is Cc1c(-c2cc(F)c(N)cc2F)ccc2c3oc(CNC(=O)C4(N)CCC4)nc3c(=O)n(C3CC3)c12. The first kappa shape index (κ1) is 22.7. The molecule has 2 aliphatic carbocycles. The normalized spacial score (nSPS) is 16.9. The summed E-state index contributed by atoms with van der Waals surface area (Å²) >= 11 is 0. The molecule has 0 unspecified atom stereocenters. The second kappa shape index (κ2) is 7.86. The van der Waals surface area contributed by atoms with Crippen LogP contribution in [-0.4, -0.2) is 21.0 Å². The third-order valence-electron chi connectivity index (χ3n) is 7.40. The number of carbonyl (C=O) groups excluding carboxylic acids is 1. The van der Waals surface area contributed by atoms with Crippen LogP contribution < -0.4 is 22.3 Å². The molecule has 2 heterocycles. The zero-order valence-corrected chi connectivity index (χ0v) is 19.7. The molecule has 0 saturated heterocycles. The monoisotopic (exact) mass is 493 g/mol. The molecule has 0 spiro atoms. The number of pyridine rings is 1. The maximum Gasteiger partial charge on any atom is 0.281 e. The van der Waals surface area contributed by atoms with E-state index >= 15 is 0 Å². The lowest BCUT2D eigenvalue weighted by Gasteiger charge is -2.35. The number of nitrogens with one attached hydrogen (secondary N) is 1. The third-order valence-corrected chi connectivity index (χ3v) is 7.40. The molecule has 2 aromatic carbocycles. The number of rotatable bonds is 5. The Morgan fingerprint density at radius 1 is 1.22 bits per heavy atom. The number of nitrogen functional groups attached to an aromatic ring is 1. The third kappa shape index (κ3) is 3.39. The van der Waals surface area contributed by atoms with Crippen LogP contribution in [0.1, 0.15) is 49.6 Å². The number of anilines is 1. The predicted molar refractivity (Wildman–Crippen MR) is 131 cm³/mol. The smallest absolute Gasteiger partial charge is 0.281 e. The molecule has 0 bridgehead atoms. The average Bonchev–Trinajstić information content (AvgIpc) is 3.57. The summed E-state index contributed by atoms with van der Waals surface area (Å²) in [5, 5.41) is 3.39. The molecular formula is C26H25F2N5O3. The van der Waals surface area contributed by atoms with Gasteiger partial charge in [-0.2, -0.15) is 0 Å². The van der Waals surface area contributed by atoms with Crippen LogP contribution in [-0.2, 0) is 11.3 Å². The van der Waals surface area contributed by atoms with E-state index in [4.69, 9.17) is 15.9 Å². The molecule has 8 nitrogen and oxygen atoms in total. The molecule has 2 aliphatic rings. The van der Waals surface area contributed by atoms with E-state index in [9.17, 15) is 18.4 Å². The molecule has 2 saturated carbocycles. The molecule has 10 heteroatoms. The Hall–Kier alpha value is -3.79. The molecular weight excluding hydrogens is 468 g/mol. The van der Waals surface area contributed by atoms with Gasteiger partial charge in [0.25, 0.3) is 5.56 Å². The maximum atomic E-state index is 14.8. The Kier molecular flexibility index (Phi) is 4.95. The Labute approximate surface area is 204 Å². The molecule has 36 heavy (non-hydrogen) atoms. The van der Waals surface area contributed by atoms with Gasteiger partial charge in [0.1, 0.15) is 11.6 Å². The van der Waals surface area contributed by atoms with E-state index in [2.05, 4.69) is 10.3 Å². The fraction of sp³-hybridized carbons (Fsp3) is 0.346. The number of halogens is 2. The summed E-state index contributed by atoms with van der Waals surface area (Å²) in [4.78, 5) is 30.4. The van der Waals surface area contributed by atoms with Crippen molar-refractivity contribution in [3.05, 3.63) is 57.7 Å². The van der Waals surface area contributed by atoms with Crippen LogP contribution >= 0.6 is 0 Å². The summed E-state index contributed by atoms with van der Waals surface area (Å²) in [6.07, 6.45) is 3.82. The van der Waals surface area contributed by atoms with Crippen LogP contribution in [0.15, 0.2) is 33.5 Å². The molecule has 0 atom stereocenters. The van der Waals surface area contributed by atoms with Crippen molar-refractivity contribution in [2.45, 2.75) is 57.2 Å². The van der Waals surface area contributed by atoms with E-state index in [0.29, 0.717) is 40.5 Å². The van der Waals surface area contributed by atoms with Gasteiger partial charge in [-0.05, 0) is 62.3 Å². The van der Waals surface area contributed by atoms with Gasteiger partial charge in [-0.3, -0.25) is 9.59 Å². The van der Waals surface area contributed by atoms with Crippen molar-refractivity contribution in [1.29, 1.82) is 0 Å². The highest BCUT2D eigenvalue weighted by Gasteiger charge is 2.40. The molecule has 6 rings (SSSR count). The highest BCUT2D eigenvalue weighted by Crippen LogP contribution is 2.41. The summed E-state index contributed by atoms with van der Waals surface area (Å²) in [6.45, 7) is 1.77. The van der Waals surface area contributed by atoms with Crippen LogP contribution in [0.5, 0.6) is 0 Å². The van der Waals surface area contributed by atoms with Gasteiger partial charge in [0.05, 0.1) is 23.3 Å². The number of oxazole rings is 1. The number of benzene rings is 2. The lowest BCUT2D eigenvalue weighted by molar-refractivity contribution is -0.129. The summed E-state index contributed by atoms with van der Waals surface area (Å²) in [6, 6.07) is 5.41. The van der Waals surface area contributed by atoms with E-state index in [1.54, 1.807) is 23.6 Å². The highest BCUT2D eigenvalue weighted by molar-refractivity contribution is 6.04. The molecule has 2 fully saturated rings. The minimum absolute atomic E-state index is 0.00379. The van der Waals surface area contributed by atoms with E-state index in [-0.39, 0.29) is 46.7 Å². The number of aryl methyl sites for hydroxylation is 1. The van der Waals surface area contributed by atoms with Crippen molar-refractivity contribution < 1.29 is 18.0 Å². The molecule has 4 aromatic rings. The van der Waals surface area contributed by atoms with Gasteiger partial charge in [0.2, 0.25) is 11.8 Å². The number of hydrogen-bond acceptors (Lipinski definition) is 6. The number of carbonyl (C=O) groups is 1. The minimum Gasteiger partial charge on any atom is -0.438 e. The standard InChI is InChI=1S/C26H25F2N5O3/c1-12-14(16-9-18(28)19(29)10-17(16)27)5-6-15-22(12)33(13-3-4-13)24(34)21-23(15)36-20(32-21)11-31-25(35)26(30)7-2-8-26/h5-6,9-10,13H,2-4,7-8,11,29-30H2,1H3,(H,31,35). The highest BCUT2D eigenvalue weighted by atomic mass is 19.1. The van der Waals surface area contributed by atoms with Gasteiger partial charge in [-0.1, -0.05) is 6.07 Å². The molecule has 186 valence electrons. The van der Waals surface area contributed by atoms with E-state index < -0.39 is 17.2 Å². The van der Waals surface area contributed by atoms with Gasteiger partial charge in [0.15, 0.2) is 11.1 Å². The van der Waals surface area contributed by atoms with Gasteiger partial charge in [-0.15, -0.1) is 0 Å². The fourth-order valence-corrected chi connectivity index (χ4v) is 5.04. The quantitative estimate of drug-likeness (QED) is 0.363. The molecule has 0 radical (unpaired) electrons. The van der Waals surface area contributed by atoms with Crippen molar-refractivity contribution in [3.63, 3.8) is 0 Å². The first-order valence-electron chi connectivity index (χ1n) is 12.0. The van der Waals surface area contributed by atoms with Crippen molar-refractivity contribution >= 4 is 33.6 Å². The lowest BCUT2D eigenvalue weighted by atomic mass is 9.77. The Balaban J connectivity index is 1.50. The molecule has 1 amide bonds. The van der Waals surface area contributed by atoms with E-state index in [1.807, 2.05) is 0 Å². The number of nitrogens with two attached hydrogens (primary N) is 2. The van der Waals surface area contributed by atoms with Gasteiger partial charge in [-0.25, -0.2) is 13.8 Å². The van der Waals surface area contributed by atoms with Gasteiger partial charge >= 0.3 is 0 Å². The number of hydrogen-bond donors (Lipinski definition) is 3. The number of aromatic nitrogens is 2. The van der Waals surface area contributed by atoms with Crippen LogP contribution in [0.2, 0.25) is 0 Å². The van der Waals surface area contributed by atoms with Crippen molar-refractivity contribution in [2.24, 2.45) is 5.73 Å². The average molecular weight is 494 g/mol. The summed E-state index contributed by atoms with van der Waals surface area (Å²) in [5.41, 5.74) is 12.3. The van der Waals surface area contributed by atoms with Gasteiger partial charge in [0, 0.05) is 23.1 Å². The summed E-state index contributed by atoms with van der Waals surface area (Å²) < 4.78 is 36.6. The van der Waals surface area contributed by atoms with Gasteiger partial charge < -0.3 is 25.8 Å². The fourth-order valence-electron chi connectivity index (χ4n) is 5.04. The topological polar surface area (TPSA) is 129 Å². The number of fused-ring (bicyclic) bond motifs is 3. The Morgan fingerprint density at radius 2 is 1.97 bits per heavy atom. The first-order chi connectivity index (χ1) is 17.2. The first-order valence-corrected chi connectivity index (χ1v) is 12.0. The van der Waals surface area contributed by atoms with Crippen LogP contribution in [0.3, 0.4) is 0 Å². The van der Waals surface area contributed by atoms with E-state index in [0.717, 1.165) is 31.4 Å². The van der Waals surface area contributed by atoms with E-state index in [1.165, 1.54) is 0 Å².